The van der Waals surface area contributed by atoms with Crippen LogP contribution >= 0.6 is 0 Å². The first-order valence-corrected chi connectivity index (χ1v) is 19.9. The summed E-state index contributed by atoms with van der Waals surface area (Å²) in [6.07, 6.45) is 0. The van der Waals surface area contributed by atoms with Gasteiger partial charge in [-0.15, -0.1) is 0 Å². The van der Waals surface area contributed by atoms with Crippen LogP contribution in [-0.2, 0) is 0 Å². The van der Waals surface area contributed by atoms with Gasteiger partial charge in [0.05, 0.1) is 0 Å². The van der Waals surface area contributed by atoms with Crippen molar-refractivity contribution < 1.29 is 4.42 Å². The zero-order valence-corrected chi connectivity index (χ0v) is 31.8. The minimum absolute atomic E-state index is 0.625. The summed E-state index contributed by atoms with van der Waals surface area (Å²) >= 11 is 0. The second kappa shape index (κ2) is 13.3. The Kier molecular flexibility index (Phi) is 7.50. The molecule has 274 valence electrons. The third-order valence-electron chi connectivity index (χ3n) is 11.7. The van der Waals surface area contributed by atoms with E-state index >= 15 is 0 Å². The summed E-state index contributed by atoms with van der Waals surface area (Å²) in [7, 11) is 0. The van der Waals surface area contributed by atoms with E-state index in [2.05, 4.69) is 158 Å². The summed E-state index contributed by atoms with van der Waals surface area (Å²) in [6.45, 7) is 0. The minimum Gasteiger partial charge on any atom is -0.456 e. The minimum atomic E-state index is 0.625. The first kappa shape index (κ1) is 33.2. The molecular weight excluding hydrogens is 719 g/mol. The molecule has 12 rings (SSSR count). The highest BCUT2D eigenvalue weighted by molar-refractivity contribution is 6.33. The average Bonchev–Trinajstić information content (AvgIpc) is 3.69. The highest BCUT2D eigenvalue weighted by Gasteiger charge is 2.17. The van der Waals surface area contributed by atoms with Gasteiger partial charge < -0.3 is 4.42 Å². The van der Waals surface area contributed by atoms with Gasteiger partial charge in [-0.2, -0.15) is 0 Å². The third kappa shape index (κ3) is 5.49. The Balaban J connectivity index is 0.956. The number of rotatable bonds is 5. The van der Waals surface area contributed by atoms with Crippen LogP contribution in [0.2, 0.25) is 0 Å². The van der Waals surface area contributed by atoms with Crippen molar-refractivity contribution in [3.05, 3.63) is 200 Å². The first-order valence-electron chi connectivity index (χ1n) is 19.9. The summed E-state index contributed by atoms with van der Waals surface area (Å²) in [6, 6.07) is 70.6. The molecule has 4 nitrogen and oxygen atoms in total. The van der Waals surface area contributed by atoms with Crippen molar-refractivity contribution in [3.8, 4) is 56.4 Å². The van der Waals surface area contributed by atoms with Crippen LogP contribution in [0.25, 0.3) is 121 Å². The van der Waals surface area contributed by atoms with E-state index in [0.717, 1.165) is 55.3 Å². The normalized spacial score (nSPS) is 11.7. The molecule has 2 aromatic heterocycles. The average molecular weight is 752 g/mol. The molecule has 0 unspecified atom stereocenters. The second-order valence-electron chi connectivity index (χ2n) is 15.1. The van der Waals surface area contributed by atoms with E-state index < -0.39 is 0 Å². The lowest BCUT2D eigenvalue weighted by Gasteiger charge is -2.16. The van der Waals surface area contributed by atoms with Gasteiger partial charge in [0.1, 0.15) is 11.2 Å². The predicted molar refractivity (Wildman–Crippen MR) is 244 cm³/mol. The molecule has 0 radical (unpaired) electrons. The van der Waals surface area contributed by atoms with Gasteiger partial charge in [0, 0.05) is 27.5 Å². The standard InChI is InChI=1S/C55H33N3O/c1-2-12-36(13-3-1)53-56-54(37-26-22-34(23-27-37)39-30-31-51-48(32-39)44-18-10-11-21-50(44)59-51)58-55(57-53)38-28-24-35(25-29-38)47-33-49-42-16-5-4-14-40(42)41-15-6-8-19-45(41)52(49)46-20-9-7-17-43(46)47/h1-33H. The number of nitrogens with zero attached hydrogens (tertiary/aromatic N) is 3. The van der Waals surface area contributed by atoms with Gasteiger partial charge in [0.2, 0.25) is 0 Å². The molecular formula is C55H33N3O. The Morgan fingerprint density at radius 1 is 0.254 bits per heavy atom. The van der Waals surface area contributed by atoms with Crippen LogP contribution in [-0.4, -0.2) is 15.0 Å². The summed E-state index contributed by atoms with van der Waals surface area (Å²) in [5.74, 6) is 1.89. The highest BCUT2D eigenvalue weighted by atomic mass is 16.3. The number of aromatic nitrogens is 3. The van der Waals surface area contributed by atoms with Gasteiger partial charge in [-0.05, 0) is 89.6 Å². The molecule has 59 heavy (non-hydrogen) atoms. The predicted octanol–water partition coefficient (Wildman–Crippen LogP) is 14.7. The lowest BCUT2D eigenvalue weighted by atomic mass is 9.87. The van der Waals surface area contributed by atoms with E-state index in [-0.39, 0.29) is 0 Å². The van der Waals surface area contributed by atoms with Gasteiger partial charge in [-0.1, -0.05) is 176 Å². The van der Waals surface area contributed by atoms with Crippen LogP contribution < -0.4 is 0 Å². The molecule has 0 aliphatic heterocycles. The largest absolute Gasteiger partial charge is 0.456 e. The van der Waals surface area contributed by atoms with Gasteiger partial charge >= 0.3 is 0 Å². The number of benzene rings is 10. The Bertz CT molecular complexity index is 3590. The topological polar surface area (TPSA) is 51.8 Å². The molecule has 0 saturated carbocycles. The zero-order chi connectivity index (χ0) is 38.9. The van der Waals surface area contributed by atoms with Gasteiger partial charge in [0.25, 0.3) is 0 Å². The number of para-hydroxylation sites is 1. The lowest BCUT2D eigenvalue weighted by molar-refractivity contribution is 0.669. The maximum Gasteiger partial charge on any atom is 0.164 e. The zero-order valence-electron chi connectivity index (χ0n) is 31.8. The van der Waals surface area contributed by atoms with Crippen molar-refractivity contribution in [2.75, 3.05) is 0 Å². The van der Waals surface area contributed by atoms with E-state index in [1.165, 1.54) is 48.7 Å². The molecule has 2 heterocycles. The molecule has 0 fully saturated rings. The van der Waals surface area contributed by atoms with Gasteiger partial charge in [-0.3, -0.25) is 0 Å². The monoisotopic (exact) mass is 751 g/mol. The van der Waals surface area contributed by atoms with E-state index in [9.17, 15) is 0 Å². The fourth-order valence-corrected chi connectivity index (χ4v) is 8.87. The molecule has 0 spiro atoms. The molecule has 0 atom stereocenters. The number of hydrogen-bond acceptors (Lipinski definition) is 4. The van der Waals surface area contributed by atoms with E-state index in [1.54, 1.807) is 0 Å². The van der Waals surface area contributed by atoms with Gasteiger partial charge in [-0.25, -0.2) is 15.0 Å². The van der Waals surface area contributed by atoms with Crippen LogP contribution in [0, 0.1) is 0 Å². The number of furan rings is 1. The Morgan fingerprint density at radius 2 is 0.678 bits per heavy atom. The molecule has 0 aliphatic rings. The Labute approximate surface area is 339 Å². The first-order chi connectivity index (χ1) is 29.2. The van der Waals surface area contributed by atoms with Crippen LogP contribution in [0.15, 0.2) is 205 Å². The van der Waals surface area contributed by atoms with Crippen molar-refractivity contribution in [3.63, 3.8) is 0 Å². The molecule has 12 aromatic rings. The number of fused-ring (bicyclic) bond motifs is 11. The Morgan fingerprint density at radius 3 is 1.32 bits per heavy atom. The van der Waals surface area contributed by atoms with Crippen LogP contribution in [0.4, 0.5) is 0 Å². The maximum absolute atomic E-state index is 6.08. The maximum atomic E-state index is 6.08. The van der Waals surface area contributed by atoms with Gasteiger partial charge in [0.15, 0.2) is 17.5 Å². The van der Waals surface area contributed by atoms with Crippen LogP contribution in [0.5, 0.6) is 0 Å². The van der Waals surface area contributed by atoms with E-state index in [4.69, 9.17) is 19.4 Å². The van der Waals surface area contributed by atoms with Crippen molar-refractivity contribution in [2.45, 2.75) is 0 Å². The molecule has 10 aromatic carbocycles. The molecule has 0 saturated heterocycles. The SMILES string of the molecule is c1ccc(-c2nc(-c3ccc(-c4ccc5oc6ccccc6c5c4)cc3)nc(-c3ccc(-c4cc5c6ccccc6c6ccccc6c5c5ccccc45)cc3)n2)cc1. The van der Waals surface area contributed by atoms with Crippen molar-refractivity contribution in [1.29, 1.82) is 0 Å². The fraction of sp³-hybridized carbons (Fsp3) is 0. The van der Waals surface area contributed by atoms with E-state index in [0.29, 0.717) is 17.5 Å². The highest BCUT2D eigenvalue weighted by Crippen LogP contribution is 2.43. The fourth-order valence-electron chi connectivity index (χ4n) is 8.87. The second-order valence-corrected chi connectivity index (χ2v) is 15.1. The molecule has 0 amide bonds. The van der Waals surface area contributed by atoms with Crippen molar-refractivity contribution in [2.24, 2.45) is 0 Å². The van der Waals surface area contributed by atoms with Crippen LogP contribution in [0.3, 0.4) is 0 Å². The molecule has 4 heteroatoms. The van der Waals surface area contributed by atoms with Crippen molar-refractivity contribution in [1.82, 2.24) is 15.0 Å². The molecule has 0 bridgehead atoms. The lowest BCUT2D eigenvalue weighted by Crippen LogP contribution is -2.00. The van der Waals surface area contributed by atoms with E-state index in [1.807, 2.05) is 42.5 Å². The molecule has 0 aliphatic carbocycles. The third-order valence-corrected chi connectivity index (χ3v) is 11.7. The summed E-state index contributed by atoms with van der Waals surface area (Å²) in [5.41, 5.74) is 9.13. The Hall–Kier alpha value is -7.95. The number of hydrogen-bond donors (Lipinski definition) is 0. The smallest absolute Gasteiger partial charge is 0.164 e. The summed E-state index contributed by atoms with van der Waals surface area (Å²) < 4.78 is 6.08. The van der Waals surface area contributed by atoms with Crippen molar-refractivity contribution >= 4 is 65.0 Å². The van der Waals surface area contributed by atoms with Crippen LogP contribution in [0.1, 0.15) is 0 Å². The summed E-state index contributed by atoms with van der Waals surface area (Å²) in [4.78, 5) is 15.1. The quantitative estimate of drug-likeness (QED) is 0.164. The summed E-state index contributed by atoms with van der Waals surface area (Å²) in [5, 5.41) is 12.3. The molecule has 0 N–H and O–H groups in total.